The highest BCUT2D eigenvalue weighted by atomic mass is 79.9. The molecular weight excluding hydrogens is 639 g/mol. The number of hydrogen-bond acceptors (Lipinski definition) is 4. The van der Waals surface area contributed by atoms with Crippen LogP contribution in [0.2, 0.25) is 0 Å². The van der Waals surface area contributed by atoms with E-state index >= 15 is 0 Å². The Morgan fingerprint density at radius 3 is 2.24 bits per heavy atom. The van der Waals surface area contributed by atoms with Gasteiger partial charge in [-0.1, -0.05) is 44.0 Å². The standard InChI is InChI=1S/C27H23Br2FN4O3S/c28-22-3-10-26(29)21(15-22)18-34(17-20-1-4-23(30)5-2-20)38(36,37)25-8-6-24(7-9-25)33-27(35)32-16-19-11-13-31-14-12-19/h1-15H,16-18H2,(H2,32,33,35). The molecule has 1 aromatic heterocycles. The maximum absolute atomic E-state index is 13.7. The molecule has 7 nitrogen and oxygen atoms in total. The maximum Gasteiger partial charge on any atom is 0.319 e. The van der Waals surface area contributed by atoms with Crippen molar-refractivity contribution in [2.45, 2.75) is 24.5 Å². The number of pyridine rings is 1. The molecular formula is C27H23Br2FN4O3S. The second kappa shape index (κ2) is 12.6. The first-order valence-electron chi connectivity index (χ1n) is 11.4. The number of sulfonamides is 1. The third-order valence-electron chi connectivity index (χ3n) is 5.58. The number of nitrogens with one attached hydrogen (secondary N) is 2. The van der Waals surface area contributed by atoms with Gasteiger partial charge in [-0.25, -0.2) is 17.6 Å². The number of rotatable bonds is 9. The van der Waals surface area contributed by atoms with Gasteiger partial charge in [-0.3, -0.25) is 4.98 Å². The van der Waals surface area contributed by atoms with E-state index in [2.05, 4.69) is 47.5 Å². The van der Waals surface area contributed by atoms with Crippen molar-refractivity contribution in [3.8, 4) is 0 Å². The van der Waals surface area contributed by atoms with E-state index in [1.807, 2.05) is 18.2 Å². The lowest BCUT2D eigenvalue weighted by Gasteiger charge is -2.23. The van der Waals surface area contributed by atoms with Crippen LogP contribution in [0.4, 0.5) is 14.9 Å². The predicted molar refractivity (Wildman–Crippen MR) is 151 cm³/mol. The van der Waals surface area contributed by atoms with Gasteiger partial charge in [0, 0.05) is 46.7 Å². The normalized spacial score (nSPS) is 11.4. The summed E-state index contributed by atoms with van der Waals surface area (Å²) in [4.78, 5) is 16.3. The Hall–Kier alpha value is -3.12. The first kappa shape index (κ1) is 27.9. The second-order valence-corrected chi connectivity index (χ2v) is 12.0. The number of urea groups is 1. The van der Waals surface area contributed by atoms with Crippen LogP contribution in [0.5, 0.6) is 0 Å². The number of aromatic nitrogens is 1. The smallest absolute Gasteiger partial charge is 0.319 e. The number of carbonyl (C=O) groups is 1. The van der Waals surface area contributed by atoms with Crippen molar-refractivity contribution in [2.24, 2.45) is 0 Å². The number of amides is 2. The maximum atomic E-state index is 13.7. The van der Waals surface area contributed by atoms with E-state index in [0.717, 1.165) is 20.1 Å². The van der Waals surface area contributed by atoms with E-state index in [1.165, 1.54) is 40.7 Å². The molecule has 0 aliphatic rings. The van der Waals surface area contributed by atoms with Crippen molar-refractivity contribution in [2.75, 3.05) is 5.32 Å². The molecule has 1 heterocycles. The van der Waals surface area contributed by atoms with Gasteiger partial charge in [0.1, 0.15) is 5.82 Å². The number of hydrogen-bond donors (Lipinski definition) is 2. The fourth-order valence-corrected chi connectivity index (χ4v) is 5.78. The monoisotopic (exact) mass is 660 g/mol. The number of benzene rings is 3. The van der Waals surface area contributed by atoms with Crippen LogP contribution < -0.4 is 10.6 Å². The average molecular weight is 662 g/mol. The SMILES string of the molecule is O=C(NCc1ccncc1)Nc1ccc(S(=O)(=O)N(Cc2ccc(F)cc2)Cc2cc(Br)ccc2Br)cc1. The van der Waals surface area contributed by atoms with Gasteiger partial charge in [0.2, 0.25) is 10.0 Å². The van der Waals surface area contributed by atoms with Crippen LogP contribution >= 0.6 is 31.9 Å². The molecule has 0 bridgehead atoms. The van der Waals surface area contributed by atoms with Crippen LogP contribution in [0.15, 0.2) is 105 Å². The fraction of sp³-hybridized carbons (Fsp3) is 0.111. The first-order valence-corrected chi connectivity index (χ1v) is 14.5. The van der Waals surface area contributed by atoms with Crippen molar-refractivity contribution in [1.82, 2.24) is 14.6 Å². The molecule has 0 aliphatic heterocycles. The van der Waals surface area contributed by atoms with E-state index in [0.29, 0.717) is 17.8 Å². The number of nitrogens with zero attached hydrogens (tertiary/aromatic N) is 2. The van der Waals surface area contributed by atoms with Gasteiger partial charge >= 0.3 is 6.03 Å². The molecule has 4 aromatic rings. The van der Waals surface area contributed by atoms with Crippen LogP contribution in [0.25, 0.3) is 0 Å². The van der Waals surface area contributed by atoms with Crippen molar-refractivity contribution < 1.29 is 17.6 Å². The zero-order chi connectivity index (χ0) is 27.1. The summed E-state index contributed by atoms with van der Waals surface area (Å²) >= 11 is 6.93. The predicted octanol–water partition coefficient (Wildman–Crippen LogP) is 6.46. The Balaban J connectivity index is 1.52. The zero-order valence-electron chi connectivity index (χ0n) is 19.9. The molecule has 38 heavy (non-hydrogen) atoms. The zero-order valence-corrected chi connectivity index (χ0v) is 23.9. The van der Waals surface area contributed by atoms with Crippen LogP contribution in [0, 0.1) is 5.82 Å². The Morgan fingerprint density at radius 1 is 0.868 bits per heavy atom. The molecule has 4 rings (SSSR count). The molecule has 0 spiro atoms. The molecule has 0 unspecified atom stereocenters. The van der Waals surface area contributed by atoms with Crippen LogP contribution in [-0.4, -0.2) is 23.7 Å². The lowest BCUT2D eigenvalue weighted by Crippen LogP contribution is -2.30. The number of anilines is 1. The highest BCUT2D eigenvalue weighted by Crippen LogP contribution is 2.27. The summed E-state index contributed by atoms with van der Waals surface area (Å²) < 4.78 is 43.8. The summed E-state index contributed by atoms with van der Waals surface area (Å²) in [6, 6.07) is 20.4. The van der Waals surface area contributed by atoms with Crippen LogP contribution in [0.1, 0.15) is 16.7 Å². The summed E-state index contributed by atoms with van der Waals surface area (Å²) in [5, 5.41) is 5.44. The summed E-state index contributed by atoms with van der Waals surface area (Å²) in [7, 11) is -3.96. The minimum Gasteiger partial charge on any atom is -0.334 e. The minimum atomic E-state index is -3.96. The Labute approximate surface area is 237 Å². The Morgan fingerprint density at radius 2 is 1.55 bits per heavy atom. The Bertz CT molecular complexity index is 1500. The highest BCUT2D eigenvalue weighted by Gasteiger charge is 2.26. The van der Waals surface area contributed by atoms with E-state index in [4.69, 9.17) is 0 Å². The van der Waals surface area contributed by atoms with Gasteiger partial charge in [0.05, 0.1) is 4.90 Å². The molecule has 3 aromatic carbocycles. The third kappa shape index (κ3) is 7.47. The molecule has 0 atom stereocenters. The summed E-state index contributed by atoms with van der Waals surface area (Å²) in [6.07, 6.45) is 3.28. The Kier molecular flexibility index (Phi) is 9.26. The molecule has 2 amide bonds. The van der Waals surface area contributed by atoms with Crippen molar-refractivity contribution >= 4 is 53.6 Å². The lowest BCUT2D eigenvalue weighted by molar-refractivity contribution is 0.251. The van der Waals surface area contributed by atoms with E-state index < -0.39 is 21.9 Å². The van der Waals surface area contributed by atoms with Gasteiger partial charge in [-0.2, -0.15) is 4.31 Å². The van der Waals surface area contributed by atoms with Crippen LogP contribution in [0.3, 0.4) is 0 Å². The topological polar surface area (TPSA) is 91.4 Å². The van der Waals surface area contributed by atoms with Gasteiger partial charge in [0.15, 0.2) is 0 Å². The van der Waals surface area contributed by atoms with Gasteiger partial charge in [-0.15, -0.1) is 0 Å². The summed E-state index contributed by atoms with van der Waals surface area (Å²) in [6.45, 7) is 0.445. The number of carbonyl (C=O) groups excluding carboxylic acids is 1. The van der Waals surface area contributed by atoms with Crippen molar-refractivity contribution in [3.63, 3.8) is 0 Å². The van der Waals surface area contributed by atoms with E-state index in [9.17, 15) is 17.6 Å². The second-order valence-electron chi connectivity index (χ2n) is 8.32. The average Bonchev–Trinajstić information content (AvgIpc) is 2.91. The van der Waals surface area contributed by atoms with Gasteiger partial charge < -0.3 is 10.6 Å². The molecule has 0 saturated heterocycles. The molecule has 2 N–H and O–H groups in total. The fourth-order valence-electron chi connectivity index (χ4n) is 3.59. The van der Waals surface area contributed by atoms with Gasteiger partial charge in [0.25, 0.3) is 0 Å². The first-order chi connectivity index (χ1) is 18.2. The summed E-state index contributed by atoms with van der Waals surface area (Å²) in [5.74, 6) is -0.397. The quantitative estimate of drug-likeness (QED) is 0.216. The molecule has 196 valence electrons. The third-order valence-corrected chi connectivity index (χ3v) is 8.65. The number of halogens is 3. The lowest BCUT2D eigenvalue weighted by atomic mass is 10.2. The highest BCUT2D eigenvalue weighted by molar-refractivity contribution is 9.11. The molecule has 0 aliphatic carbocycles. The van der Waals surface area contributed by atoms with Crippen molar-refractivity contribution in [3.05, 3.63) is 123 Å². The molecule has 0 saturated carbocycles. The molecule has 11 heteroatoms. The van der Waals surface area contributed by atoms with E-state index in [1.54, 1.807) is 36.7 Å². The summed E-state index contributed by atoms with van der Waals surface area (Å²) in [5.41, 5.74) is 2.74. The molecule has 0 fully saturated rings. The van der Waals surface area contributed by atoms with E-state index in [-0.39, 0.29) is 18.0 Å². The van der Waals surface area contributed by atoms with Crippen LogP contribution in [-0.2, 0) is 29.7 Å². The molecule has 0 radical (unpaired) electrons. The largest absolute Gasteiger partial charge is 0.334 e. The van der Waals surface area contributed by atoms with Crippen molar-refractivity contribution in [1.29, 1.82) is 0 Å². The van der Waals surface area contributed by atoms with Gasteiger partial charge in [-0.05, 0) is 83.4 Å². The minimum absolute atomic E-state index is 0.0407.